The zero-order chi connectivity index (χ0) is 29.5. The molecule has 0 saturated heterocycles. The molecule has 0 spiro atoms. The minimum atomic E-state index is -3.90. The van der Waals surface area contributed by atoms with Crippen molar-refractivity contribution in [1.29, 1.82) is 0 Å². The summed E-state index contributed by atoms with van der Waals surface area (Å²) in [6.45, 7) is 0. The number of para-hydroxylation sites is 1. The van der Waals surface area contributed by atoms with Crippen LogP contribution in [0.15, 0.2) is 119 Å². The summed E-state index contributed by atoms with van der Waals surface area (Å²) in [7, 11) is -2.67. The van der Waals surface area contributed by atoms with Crippen molar-refractivity contribution in [1.82, 2.24) is 15.3 Å². The summed E-state index contributed by atoms with van der Waals surface area (Å²) in [4.78, 5) is 34.1. The number of carbonyl (C=O) groups excluding carboxylic acids is 2. The van der Waals surface area contributed by atoms with Crippen molar-refractivity contribution in [3.8, 4) is 0 Å². The highest BCUT2D eigenvalue weighted by atomic mass is 32.2. The maximum Gasteiger partial charge on any atom is 0.328 e. The van der Waals surface area contributed by atoms with Crippen molar-refractivity contribution in [3.63, 3.8) is 0 Å². The second-order valence-electron chi connectivity index (χ2n) is 9.27. The Kier molecular flexibility index (Phi) is 8.39. The van der Waals surface area contributed by atoms with Gasteiger partial charge in [0.05, 0.1) is 22.6 Å². The first-order chi connectivity index (χ1) is 20.3. The molecule has 0 aliphatic rings. The molecule has 3 aromatic carbocycles. The molecule has 11 heteroatoms. The first-order valence-corrected chi connectivity index (χ1v) is 14.4. The molecule has 42 heavy (non-hydrogen) atoms. The van der Waals surface area contributed by atoms with Crippen LogP contribution in [-0.2, 0) is 25.8 Å². The van der Waals surface area contributed by atoms with Gasteiger partial charge in [-0.25, -0.2) is 23.0 Å². The zero-order valence-electron chi connectivity index (χ0n) is 22.5. The molecule has 5 aromatic rings. The number of esters is 1. The Labute approximate surface area is 242 Å². The van der Waals surface area contributed by atoms with Gasteiger partial charge in [-0.3, -0.25) is 4.98 Å². The van der Waals surface area contributed by atoms with E-state index < -0.39 is 27.9 Å². The number of aromatic nitrogens is 2. The van der Waals surface area contributed by atoms with Crippen LogP contribution in [0, 0.1) is 0 Å². The molecule has 0 fully saturated rings. The predicted octanol–water partition coefficient (Wildman–Crippen LogP) is 5.11. The summed E-state index contributed by atoms with van der Waals surface area (Å²) in [5.74, 6) is 0.0127. The first-order valence-electron chi connectivity index (χ1n) is 12.9. The van der Waals surface area contributed by atoms with Gasteiger partial charge in [0.1, 0.15) is 11.9 Å². The molecule has 2 heterocycles. The van der Waals surface area contributed by atoms with E-state index in [1.54, 1.807) is 48.9 Å². The number of hydrogen-bond acceptors (Lipinski definition) is 8. The zero-order valence-corrected chi connectivity index (χ0v) is 23.3. The maximum atomic E-state index is 13.2. The van der Waals surface area contributed by atoms with Crippen LogP contribution in [0.25, 0.3) is 10.8 Å². The highest BCUT2D eigenvalue weighted by Gasteiger charge is 2.25. The molecule has 2 aromatic heterocycles. The first kappa shape index (κ1) is 28.2. The fraction of sp³-hybridized carbons (Fsp3) is 0.0968. The van der Waals surface area contributed by atoms with Crippen LogP contribution in [0.5, 0.6) is 0 Å². The second kappa shape index (κ2) is 12.5. The number of pyridine rings is 2. The average molecular weight is 582 g/mol. The summed E-state index contributed by atoms with van der Waals surface area (Å²) in [6, 6.07) is 23.3. The smallest absolute Gasteiger partial charge is 0.328 e. The number of amides is 2. The summed E-state index contributed by atoms with van der Waals surface area (Å²) >= 11 is 0. The van der Waals surface area contributed by atoms with Crippen LogP contribution < -0.4 is 16.0 Å². The molecular weight excluding hydrogens is 554 g/mol. The number of methoxy groups -OCH3 is 1. The van der Waals surface area contributed by atoms with Gasteiger partial charge < -0.3 is 20.7 Å². The highest BCUT2D eigenvalue weighted by molar-refractivity contribution is 7.91. The van der Waals surface area contributed by atoms with Gasteiger partial charge in [-0.1, -0.05) is 42.5 Å². The molecule has 3 N–H and O–H groups in total. The Hall–Kier alpha value is -5.29. The largest absolute Gasteiger partial charge is 0.467 e. The molecule has 0 aliphatic heterocycles. The van der Waals surface area contributed by atoms with E-state index in [2.05, 4.69) is 25.9 Å². The minimum absolute atomic E-state index is 0.0690. The Morgan fingerprint density at radius 3 is 2.36 bits per heavy atom. The van der Waals surface area contributed by atoms with Crippen LogP contribution in [0.4, 0.5) is 22.0 Å². The number of rotatable bonds is 9. The lowest BCUT2D eigenvalue weighted by molar-refractivity contribution is -0.142. The summed E-state index contributed by atoms with van der Waals surface area (Å²) in [5, 5.41) is 10.3. The number of sulfone groups is 1. The SMILES string of the molecule is COC(=O)[C@H](Cc1ccc(Nc2nccc3ccncc23)cc1)NC(=O)Nc1ccccc1S(=O)(=O)c1ccccc1. The fourth-order valence-corrected chi connectivity index (χ4v) is 5.82. The van der Waals surface area contributed by atoms with Crippen molar-refractivity contribution >= 4 is 49.8 Å². The lowest BCUT2D eigenvalue weighted by Gasteiger charge is -2.18. The Morgan fingerprint density at radius 1 is 0.881 bits per heavy atom. The molecule has 1 atom stereocenters. The van der Waals surface area contributed by atoms with Gasteiger partial charge >= 0.3 is 12.0 Å². The third-order valence-corrected chi connectivity index (χ3v) is 8.32. The molecule has 10 nitrogen and oxygen atoms in total. The van der Waals surface area contributed by atoms with Gasteiger partial charge in [0, 0.05) is 36.1 Å². The lowest BCUT2D eigenvalue weighted by Crippen LogP contribution is -2.45. The van der Waals surface area contributed by atoms with E-state index >= 15 is 0 Å². The maximum absolute atomic E-state index is 13.2. The van der Waals surface area contributed by atoms with Gasteiger partial charge in [0.25, 0.3) is 0 Å². The standard InChI is InChI=1S/C31H27N5O5S/c1-41-30(37)27(19-21-11-13-23(14-12-21)34-29-25-20-32-17-15-22(25)16-18-33-29)36-31(38)35-26-9-5-6-10-28(26)42(39,40)24-7-3-2-4-8-24/h2-18,20,27H,19H2,1H3,(H,33,34)(H2,35,36,38)/t27-/m0/s1. The van der Waals surface area contributed by atoms with Crippen molar-refractivity contribution in [3.05, 3.63) is 115 Å². The van der Waals surface area contributed by atoms with Crippen LogP contribution in [0.2, 0.25) is 0 Å². The lowest BCUT2D eigenvalue weighted by atomic mass is 10.1. The van der Waals surface area contributed by atoms with E-state index in [-0.39, 0.29) is 21.9 Å². The predicted molar refractivity (Wildman–Crippen MR) is 159 cm³/mol. The number of hydrogen-bond donors (Lipinski definition) is 3. The highest BCUT2D eigenvalue weighted by Crippen LogP contribution is 2.28. The van der Waals surface area contributed by atoms with Gasteiger partial charge in [0.15, 0.2) is 0 Å². The molecule has 0 saturated carbocycles. The number of ether oxygens (including phenoxy) is 1. The van der Waals surface area contributed by atoms with Gasteiger partial charge in [0.2, 0.25) is 9.84 Å². The molecule has 0 bridgehead atoms. The number of benzene rings is 3. The van der Waals surface area contributed by atoms with Crippen molar-refractivity contribution < 1.29 is 22.7 Å². The van der Waals surface area contributed by atoms with E-state index in [1.807, 2.05) is 36.4 Å². The van der Waals surface area contributed by atoms with Crippen LogP contribution >= 0.6 is 0 Å². The number of nitrogens with zero attached hydrogens (tertiary/aromatic N) is 2. The van der Waals surface area contributed by atoms with Gasteiger partial charge in [-0.2, -0.15) is 0 Å². The Bertz CT molecular complexity index is 1830. The molecule has 5 rings (SSSR count). The number of urea groups is 1. The molecule has 0 unspecified atom stereocenters. The van der Waals surface area contributed by atoms with Crippen LogP contribution in [-0.4, -0.2) is 43.5 Å². The fourth-order valence-electron chi connectivity index (χ4n) is 4.39. The topological polar surface area (TPSA) is 139 Å². The normalized spacial score (nSPS) is 11.8. The summed E-state index contributed by atoms with van der Waals surface area (Å²) in [5.41, 5.74) is 1.62. The van der Waals surface area contributed by atoms with Gasteiger partial charge in [-0.15, -0.1) is 0 Å². The molecular formula is C31H27N5O5S. The quantitative estimate of drug-likeness (QED) is 0.204. The van der Waals surface area contributed by atoms with E-state index in [0.717, 1.165) is 22.0 Å². The van der Waals surface area contributed by atoms with Crippen LogP contribution in [0.1, 0.15) is 5.56 Å². The van der Waals surface area contributed by atoms with Crippen molar-refractivity contribution in [2.75, 3.05) is 17.7 Å². The number of anilines is 3. The number of fused-ring (bicyclic) bond motifs is 1. The number of nitrogens with one attached hydrogen (secondary N) is 3. The van der Waals surface area contributed by atoms with E-state index in [4.69, 9.17) is 4.74 Å². The molecule has 0 radical (unpaired) electrons. The van der Waals surface area contributed by atoms with E-state index in [0.29, 0.717) is 5.82 Å². The minimum Gasteiger partial charge on any atom is -0.467 e. The monoisotopic (exact) mass is 581 g/mol. The molecule has 0 aliphatic carbocycles. The Balaban J connectivity index is 1.28. The Morgan fingerprint density at radius 2 is 1.60 bits per heavy atom. The van der Waals surface area contributed by atoms with Crippen LogP contribution in [0.3, 0.4) is 0 Å². The average Bonchev–Trinajstić information content (AvgIpc) is 3.02. The third kappa shape index (κ3) is 6.37. The summed E-state index contributed by atoms with van der Waals surface area (Å²) < 4.78 is 31.3. The van der Waals surface area contributed by atoms with Crippen molar-refractivity contribution in [2.45, 2.75) is 22.3 Å². The van der Waals surface area contributed by atoms with E-state index in [9.17, 15) is 18.0 Å². The van der Waals surface area contributed by atoms with E-state index in [1.165, 1.54) is 31.4 Å². The molecule has 212 valence electrons. The number of carbonyl (C=O) groups is 2. The third-order valence-electron chi connectivity index (χ3n) is 6.49. The summed E-state index contributed by atoms with van der Waals surface area (Å²) in [6.07, 6.45) is 5.32. The second-order valence-corrected chi connectivity index (χ2v) is 11.2. The van der Waals surface area contributed by atoms with Gasteiger partial charge in [-0.05, 0) is 59.5 Å². The van der Waals surface area contributed by atoms with Crippen molar-refractivity contribution in [2.24, 2.45) is 0 Å². The molecule has 2 amide bonds.